The Morgan fingerprint density at radius 2 is 1.43 bits per heavy atom. The second kappa shape index (κ2) is 21.1. The predicted octanol–water partition coefficient (Wildman–Crippen LogP) is 7.95. The summed E-state index contributed by atoms with van der Waals surface area (Å²) in [5.74, 6) is 3.42. The molecule has 1 N–H and O–H groups in total. The molecule has 0 aliphatic rings. The van der Waals surface area contributed by atoms with E-state index in [-0.39, 0.29) is 6.04 Å². The number of hydrogen-bond donors (Lipinski definition) is 1. The zero-order valence-electron chi connectivity index (χ0n) is 29.2. The van der Waals surface area contributed by atoms with Gasteiger partial charge in [0.05, 0.1) is 53.1 Å². The smallest absolute Gasteiger partial charge is 0.207 e. The summed E-state index contributed by atoms with van der Waals surface area (Å²) in [6.07, 6.45) is 10.9. The predicted molar refractivity (Wildman–Crippen MR) is 182 cm³/mol. The van der Waals surface area contributed by atoms with Gasteiger partial charge in [-0.05, 0) is 68.7 Å². The second-order valence-corrected chi connectivity index (χ2v) is 11.6. The van der Waals surface area contributed by atoms with Crippen molar-refractivity contribution in [3.8, 4) is 40.6 Å². The molecule has 0 saturated heterocycles. The lowest BCUT2D eigenvalue weighted by Crippen LogP contribution is -2.31. The highest BCUT2D eigenvalue weighted by molar-refractivity contribution is 5.63. The van der Waals surface area contributed by atoms with Gasteiger partial charge in [-0.1, -0.05) is 58.9 Å². The number of carbonyl (C=O) groups is 1. The van der Waals surface area contributed by atoms with Crippen LogP contribution < -0.4 is 33.7 Å². The lowest BCUT2D eigenvalue weighted by molar-refractivity contribution is -0.110. The number of unbranched alkanes of at least 4 members (excludes halogenated alkanes) is 4. The zero-order chi connectivity index (χ0) is 33.8. The summed E-state index contributed by atoms with van der Waals surface area (Å²) in [5, 5.41) is 13.5. The Morgan fingerprint density at radius 1 is 0.761 bits per heavy atom. The summed E-state index contributed by atoms with van der Waals surface area (Å²) < 4.78 is 35.1. The largest absolute Gasteiger partial charge is 0.493 e. The highest BCUT2D eigenvalue weighted by atomic mass is 16.5. The summed E-state index contributed by atoms with van der Waals surface area (Å²) in [6.45, 7) is 7.50. The third-order valence-corrected chi connectivity index (χ3v) is 8.39. The maximum absolute atomic E-state index is 11.8. The molecule has 256 valence electrons. The van der Waals surface area contributed by atoms with Gasteiger partial charge in [-0.2, -0.15) is 5.26 Å². The first kappa shape index (κ1) is 38.4. The third-order valence-electron chi connectivity index (χ3n) is 8.39. The first-order valence-corrected chi connectivity index (χ1v) is 16.8. The molecule has 2 aromatic carbocycles. The van der Waals surface area contributed by atoms with Crippen molar-refractivity contribution < 1.29 is 33.2 Å². The van der Waals surface area contributed by atoms with E-state index < -0.39 is 5.41 Å². The number of benzene rings is 2. The van der Waals surface area contributed by atoms with E-state index in [1.807, 2.05) is 24.3 Å². The third kappa shape index (κ3) is 10.6. The van der Waals surface area contributed by atoms with Crippen LogP contribution in [-0.4, -0.2) is 54.1 Å². The number of hydrogen-bond acceptors (Lipinski definition) is 8. The van der Waals surface area contributed by atoms with E-state index in [4.69, 9.17) is 28.4 Å². The Morgan fingerprint density at radius 3 is 2.00 bits per heavy atom. The van der Waals surface area contributed by atoms with Gasteiger partial charge in [0.2, 0.25) is 17.9 Å². The van der Waals surface area contributed by atoms with Gasteiger partial charge in [-0.3, -0.25) is 4.79 Å². The molecule has 9 heteroatoms. The van der Waals surface area contributed by atoms with Gasteiger partial charge >= 0.3 is 0 Å². The van der Waals surface area contributed by atoms with Crippen LogP contribution in [0.1, 0.15) is 103 Å². The van der Waals surface area contributed by atoms with Crippen LogP contribution in [-0.2, 0) is 16.6 Å². The van der Waals surface area contributed by atoms with E-state index in [0.29, 0.717) is 79.8 Å². The maximum Gasteiger partial charge on any atom is 0.207 e. The van der Waals surface area contributed by atoms with Gasteiger partial charge in [0.1, 0.15) is 0 Å². The molecule has 0 aliphatic carbocycles. The fourth-order valence-electron chi connectivity index (χ4n) is 5.91. The van der Waals surface area contributed by atoms with E-state index in [2.05, 4.69) is 32.2 Å². The van der Waals surface area contributed by atoms with Gasteiger partial charge in [-0.25, -0.2) is 0 Å². The summed E-state index contributed by atoms with van der Waals surface area (Å²) in [6, 6.07) is 10.1. The average Bonchev–Trinajstić information content (AvgIpc) is 3.08. The molecule has 0 heterocycles. The molecule has 0 saturated carbocycles. The van der Waals surface area contributed by atoms with Crippen molar-refractivity contribution in [2.24, 2.45) is 0 Å². The first-order chi connectivity index (χ1) is 22.4. The number of nitrogens with zero attached hydrogens (tertiary/aromatic N) is 1. The zero-order valence-corrected chi connectivity index (χ0v) is 29.2. The summed E-state index contributed by atoms with van der Waals surface area (Å²) in [5.41, 5.74) is 1.08. The molecule has 2 aromatic rings. The maximum atomic E-state index is 11.8. The summed E-state index contributed by atoms with van der Waals surface area (Å²) in [7, 11) is 6.40. The van der Waals surface area contributed by atoms with E-state index >= 15 is 0 Å². The number of ether oxygens (including phenoxy) is 6. The second-order valence-electron chi connectivity index (χ2n) is 11.6. The molecule has 2 atom stereocenters. The van der Waals surface area contributed by atoms with Gasteiger partial charge in [0.25, 0.3) is 0 Å². The number of methoxy groups -OCH3 is 4. The van der Waals surface area contributed by atoms with E-state index in [1.54, 1.807) is 28.4 Å². The number of amides is 1. The molecule has 0 bridgehead atoms. The number of nitrogens with one attached hydrogen (secondary N) is 1. The molecule has 46 heavy (non-hydrogen) atoms. The van der Waals surface area contributed by atoms with E-state index in [1.165, 1.54) is 0 Å². The van der Waals surface area contributed by atoms with Crippen LogP contribution in [0, 0.1) is 11.3 Å². The lowest BCUT2D eigenvalue weighted by atomic mass is 9.74. The van der Waals surface area contributed by atoms with Crippen molar-refractivity contribution in [3.05, 3.63) is 35.4 Å². The van der Waals surface area contributed by atoms with Crippen LogP contribution in [0.2, 0.25) is 0 Å². The normalized spacial score (nSPS) is 12.7. The Balaban J connectivity index is 2.40. The quantitative estimate of drug-likeness (QED) is 0.0861. The fraction of sp³-hybridized carbons (Fsp3) is 0.622. The van der Waals surface area contributed by atoms with Crippen molar-refractivity contribution in [1.82, 2.24) is 5.32 Å². The van der Waals surface area contributed by atoms with E-state index in [9.17, 15) is 10.1 Å². The minimum Gasteiger partial charge on any atom is -0.493 e. The van der Waals surface area contributed by atoms with E-state index in [0.717, 1.165) is 62.5 Å². The average molecular weight is 641 g/mol. The molecule has 0 aromatic heterocycles. The van der Waals surface area contributed by atoms with Gasteiger partial charge in [-0.15, -0.1) is 0 Å². The standard InChI is InChI=1S/C37H56N2O7/c1-8-11-13-21-45-33-24-28(34(46-22-14-12-9-2)36(44-7)35(33)43-6)23-30(39-27-40)16-15-20-37(26-38,19-10-3)29-17-18-31(41-4)32(25-29)42-5/h17-18,24-25,27,30H,8-16,19-23H2,1-7H3,(H,39,40)/t30-,37+/m1/s1. The first-order valence-electron chi connectivity index (χ1n) is 16.8. The van der Waals surface area contributed by atoms with Crippen LogP contribution in [0.5, 0.6) is 34.5 Å². The van der Waals surface area contributed by atoms with Crippen molar-refractivity contribution in [2.75, 3.05) is 41.7 Å². The molecule has 0 fully saturated rings. The fourth-order valence-corrected chi connectivity index (χ4v) is 5.91. The van der Waals surface area contributed by atoms with Crippen molar-refractivity contribution in [1.29, 1.82) is 5.26 Å². The molecule has 0 unspecified atom stereocenters. The van der Waals surface area contributed by atoms with Crippen molar-refractivity contribution >= 4 is 6.41 Å². The summed E-state index contributed by atoms with van der Waals surface area (Å²) in [4.78, 5) is 11.8. The van der Waals surface area contributed by atoms with Crippen molar-refractivity contribution in [3.63, 3.8) is 0 Å². The van der Waals surface area contributed by atoms with Crippen LogP contribution in [0.4, 0.5) is 0 Å². The minimum absolute atomic E-state index is 0.204. The highest BCUT2D eigenvalue weighted by Gasteiger charge is 2.33. The van der Waals surface area contributed by atoms with Crippen LogP contribution in [0.15, 0.2) is 24.3 Å². The molecule has 0 spiro atoms. The molecule has 9 nitrogen and oxygen atoms in total. The molecular weight excluding hydrogens is 584 g/mol. The SMILES string of the molecule is CCCCCOc1cc(C[C@@H](CCC[C@](C#N)(CCC)c2ccc(OC)c(OC)c2)NC=O)c(OCCCCC)c(OC)c1OC. The van der Waals surface area contributed by atoms with Crippen molar-refractivity contribution in [2.45, 2.75) is 109 Å². The minimum atomic E-state index is -0.698. The molecule has 1 amide bonds. The Hall–Kier alpha value is -3.80. The van der Waals surface area contributed by atoms with Crippen LogP contribution in [0.25, 0.3) is 0 Å². The van der Waals surface area contributed by atoms with Gasteiger partial charge in [0, 0.05) is 11.6 Å². The molecule has 0 aliphatic heterocycles. The molecule has 2 rings (SSSR count). The Kier molecular flexibility index (Phi) is 17.6. The molecular formula is C37H56N2O7. The van der Waals surface area contributed by atoms with Gasteiger partial charge in [0.15, 0.2) is 23.0 Å². The Labute approximate surface area is 276 Å². The Bertz CT molecular complexity index is 1230. The lowest BCUT2D eigenvalue weighted by Gasteiger charge is -2.29. The van der Waals surface area contributed by atoms with Crippen LogP contribution >= 0.6 is 0 Å². The van der Waals surface area contributed by atoms with Crippen LogP contribution in [0.3, 0.4) is 0 Å². The number of rotatable bonds is 25. The topological polar surface area (TPSA) is 108 Å². The molecule has 0 radical (unpaired) electrons. The summed E-state index contributed by atoms with van der Waals surface area (Å²) >= 11 is 0. The van der Waals surface area contributed by atoms with Gasteiger partial charge < -0.3 is 33.7 Å². The monoisotopic (exact) mass is 640 g/mol. The number of nitriles is 1. The highest BCUT2D eigenvalue weighted by Crippen LogP contribution is 2.47. The number of carbonyl (C=O) groups excluding carboxylic acids is 1.